The second kappa shape index (κ2) is 11.9. The van der Waals surface area contributed by atoms with Gasteiger partial charge < -0.3 is 19.4 Å². The first-order chi connectivity index (χ1) is 13.2. The van der Waals surface area contributed by atoms with Crippen molar-refractivity contribution in [2.24, 2.45) is 0 Å². The van der Waals surface area contributed by atoms with Crippen LogP contribution < -0.4 is 5.32 Å². The molecule has 1 N–H and O–H groups in total. The van der Waals surface area contributed by atoms with Gasteiger partial charge in [0, 0.05) is 38.4 Å². The second-order valence-electron chi connectivity index (χ2n) is 6.29. The molecule has 146 valence electrons. The van der Waals surface area contributed by atoms with Crippen LogP contribution >= 0.6 is 0 Å². The minimum Gasteiger partial charge on any atom is -0.472 e. The highest BCUT2D eigenvalue weighted by Gasteiger charge is 2.17. The Morgan fingerprint density at radius 2 is 1.85 bits per heavy atom. The molecule has 1 aromatic heterocycles. The number of carbonyl (C=O) groups excluding carboxylic acids is 2. The smallest absolute Gasteiger partial charge is 0.257 e. The van der Waals surface area contributed by atoms with E-state index in [1.807, 2.05) is 30.3 Å². The summed E-state index contributed by atoms with van der Waals surface area (Å²) < 4.78 is 10.6. The molecule has 0 saturated heterocycles. The summed E-state index contributed by atoms with van der Waals surface area (Å²) in [7, 11) is 0. The molecule has 0 radical (unpaired) electrons. The number of furan rings is 1. The van der Waals surface area contributed by atoms with Crippen LogP contribution in [0.4, 0.5) is 5.69 Å². The van der Waals surface area contributed by atoms with Gasteiger partial charge in [0.1, 0.15) is 6.26 Å². The molecule has 0 bridgehead atoms. The highest BCUT2D eigenvalue weighted by Crippen LogP contribution is 2.09. The molecule has 1 heterocycles. The van der Waals surface area contributed by atoms with Gasteiger partial charge in [0.05, 0.1) is 11.8 Å². The van der Waals surface area contributed by atoms with Crippen molar-refractivity contribution in [1.82, 2.24) is 4.90 Å². The van der Waals surface area contributed by atoms with Crippen molar-refractivity contribution >= 4 is 17.5 Å². The van der Waals surface area contributed by atoms with Gasteiger partial charge in [0.15, 0.2) is 0 Å². The van der Waals surface area contributed by atoms with Crippen molar-refractivity contribution in [3.05, 3.63) is 54.5 Å². The fraction of sp³-hybridized carbons (Fsp3) is 0.429. The van der Waals surface area contributed by atoms with E-state index in [-0.39, 0.29) is 18.2 Å². The molecule has 0 fully saturated rings. The third kappa shape index (κ3) is 7.66. The van der Waals surface area contributed by atoms with Crippen LogP contribution in [-0.2, 0) is 9.53 Å². The summed E-state index contributed by atoms with van der Waals surface area (Å²) in [5.41, 5.74) is 1.24. The van der Waals surface area contributed by atoms with Crippen molar-refractivity contribution in [3.8, 4) is 0 Å². The average molecular weight is 372 g/mol. The highest BCUT2D eigenvalue weighted by atomic mass is 16.5. The van der Waals surface area contributed by atoms with Gasteiger partial charge in [0.25, 0.3) is 5.91 Å². The molecule has 6 heteroatoms. The Balaban J connectivity index is 1.83. The van der Waals surface area contributed by atoms with Crippen LogP contribution in [0, 0.1) is 0 Å². The lowest BCUT2D eigenvalue weighted by Gasteiger charge is -2.22. The SMILES string of the molecule is CCCCOCCCN(CCC(=O)Nc1ccccc1)C(=O)c1ccoc1. The number of hydrogen-bond acceptors (Lipinski definition) is 4. The zero-order chi connectivity index (χ0) is 19.3. The first-order valence-electron chi connectivity index (χ1n) is 9.45. The molecule has 6 nitrogen and oxygen atoms in total. The molecule has 2 aromatic rings. The highest BCUT2D eigenvalue weighted by molar-refractivity contribution is 5.95. The summed E-state index contributed by atoms with van der Waals surface area (Å²) in [4.78, 5) is 26.5. The Labute approximate surface area is 160 Å². The molecule has 0 aliphatic carbocycles. The normalized spacial score (nSPS) is 10.6. The van der Waals surface area contributed by atoms with Crippen molar-refractivity contribution in [2.45, 2.75) is 32.6 Å². The number of nitrogens with zero attached hydrogens (tertiary/aromatic N) is 1. The van der Waals surface area contributed by atoms with Crippen LogP contribution in [0.1, 0.15) is 43.0 Å². The van der Waals surface area contributed by atoms with Crippen LogP contribution in [-0.4, -0.2) is 43.0 Å². The molecular weight excluding hydrogens is 344 g/mol. The van der Waals surface area contributed by atoms with E-state index in [1.54, 1.807) is 11.0 Å². The Bertz CT molecular complexity index is 671. The van der Waals surface area contributed by atoms with Gasteiger partial charge >= 0.3 is 0 Å². The maximum Gasteiger partial charge on any atom is 0.257 e. The first-order valence-corrected chi connectivity index (χ1v) is 9.45. The monoisotopic (exact) mass is 372 g/mol. The molecule has 2 rings (SSSR count). The maximum absolute atomic E-state index is 12.6. The summed E-state index contributed by atoms with van der Waals surface area (Å²) >= 11 is 0. The van der Waals surface area contributed by atoms with Gasteiger partial charge in [0.2, 0.25) is 5.91 Å². The lowest BCUT2D eigenvalue weighted by Crippen LogP contribution is -2.35. The topological polar surface area (TPSA) is 71.8 Å². The van der Waals surface area contributed by atoms with Gasteiger partial charge in [-0.05, 0) is 31.0 Å². The number of hydrogen-bond donors (Lipinski definition) is 1. The van der Waals surface area contributed by atoms with Gasteiger partial charge in [-0.3, -0.25) is 9.59 Å². The molecular formula is C21H28N2O4. The van der Waals surface area contributed by atoms with Crippen molar-refractivity contribution in [3.63, 3.8) is 0 Å². The number of para-hydroxylation sites is 1. The van der Waals surface area contributed by atoms with Gasteiger partial charge in [-0.15, -0.1) is 0 Å². The third-order valence-corrected chi connectivity index (χ3v) is 4.08. The first kappa shape index (κ1) is 20.7. The number of anilines is 1. The number of nitrogens with one attached hydrogen (secondary N) is 1. The maximum atomic E-state index is 12.6. The minimum absolute atomic E-state index is 0.120. The van der Waals surface area contributed by atoms with Crippen molar-refractivity contribution < 1.29 is 18.7 Å². The molecule has 0 aliphatic rings. The van der Waals surface area contributed by atoms with Crippen LogP contribution in [0.5, 0.6) is 0 Å². The van der Waals surface area contributed by atoms with Crippen LogP contribution in [0.15, 0.2) is 53.3 Å². The van der Waals surface area contributed by atoms with Gasteiger partial charge in [-0.25, -0.2) is 0 Å². The van der Waals surface area contributed by atoms with E-state index >= 15 is 0 Å². The zero-order valence-electron chi connectivity index (χ0n) is 15.9. The fourth-order valence-corrected chi connectivity index (χ4v) is 2.57. The minimum atomic E-state index is -0.134. The molecule has 0 spiro atoms. The van der Waals surface area contributed by atoms with Crippen LogP contribution in [0.25, 0.3) is 0 Å². The summed E-state index contributed by atoms with van der Waals surface area (Å²) in [6.07, 6.45) is 6.00. The number of unbranched alkanes of at least 4 members (excludes halogenated alkanes) is 1. The summed E-state index contributed by atoms with van der Waals surface area (Å²) in [6.45, 7) is 4.35. The Hall–Kier alpha value is -2.60. The van der Waals surface area contributed by atoms with E-state index in [0.29, 0.717) is 25.3 Å². The van der Waals surface area contributed by atoms with E-state index < -0.39 is 0 Å². The summed E-state index contributed by atoms with van der Waals surface area (Å²) in [5.74, 6) is -0.254. The van der Waals surface area contributed by atoms with Crippen molar-refractivity contribution in [2.75, 3.05) is 31.6 Å². The van der Waals surface area contributed by atoms with E-state index in [0.717, 1.165) is 31.6 Å². The Morgan fingerprint density at radius 1 is 1.07 bits per heavy atom. The number of carbonyl (C=O) groups is 2. The van der Waals surface area contributed by atoms with E-state index in [9.17, 15) is 9.59 Å². The number of amides is 2. The number of rotatable bonds is 12. The van der Waals surface area contributed by atoms with E-state index in [2.05, 4.69) is 12.2 Å². The largest absolute Gasteiger partial charge is 0.472 e. The van der Waals surface area contributed by atoms with Crippen molar-refractivity contribution in [1.29, 1.82) is 0 Å². The fourth-order valence-electron chi connectivity index (χ4n) is 2.57. The molecule has 0 atom stereocenters. The zero-order valence-corrected chi connectivity index (χ0v) is 15.9. The second-order valence-corrected chi connectivity index (χ2v) is 6.29. The predicted octanol–water partition coefficient (Wildman–Crippen LogP) is 3.96. The van der Waals surface area contributed by atoms with E-state index in [4.69, 9.17) is 9.15 Å². The Kier molecular flexibility index (Phi) is 9.13. The molecule has 0 aliphatic heterocycles. The molecule has 2 amide bonds. The molecule has 0 unspecified atom stereocenters. The molecule has 0 saturated carbocycles. The Morgan fingerprint density at radius 3 is 2.56 bits per heavy atom. The lowest BCUT2D eigenvalue weighted by molar-refractivity contribution is -0.116. The molecule has 1 aromatic carbocycles. The third-order valence-electron chi connectivity index (χ3n) is 4.08. The predicted molar refractivity (Wildman–Crippen MR) is 105 cm³/mol. The van der Waals surface area contributed by atoms with Crippen LogP contribution in [0.2, 0.25) is 0 Å². The summed E-state index contributed by atoms with van der Waals surface area (Å²) in [5, 5.41) is 2.84. The summed E-state index contributed by atoms with van der Waals surface area (Å²) in [6, 6.07) is 10.9. The number of benzene rings is 1. The molecule has 27 heavy (non-hydrogen) atoms. The van der Waals surface area contributed by atoms with E-state index in [1.165, 1.54) is 12.5 Å². The quantitative estimate of drug-likeness (QED) is 0.573. The van der Waals surface area contributed by atoms with Crippen LogP contribution in [0.3, 0.4) is 0 Å². The standard InChI is InChI=1S/C21H28N2O4/c1-2-3-14-26-15-7-12-23(21(25)18-11-16-27-17-18)13-10-20(24)22-19-8-5-4-6-9-19/h4-6,8-9,11,16-17H,2-3,7,10,12-15H2,1H3,(H,22,24). The van der Waals surface area contributed by atoms with Gasteiger partial charge in [-0.1, -0.05) is 31.5 Å². The average Bonchev–Trinajstić information content (AvgIpc) is 3.22. The van der Waals surface area contributed by atoms with Gasteiger partial charge in [-0.2, -0.15) is 0 Å². The number of ether oxygens (including phenoxy) is 1. The lowest BCUT2D eigenvalue weighted by atomic mass is 10.2.